The van der Waals surface area contributed by atoms with Gasteiger partial charge in [-0.1, -0.05) is 19.1 Å². The van der Waals surface area contributed by atoms with Gasteiger partial charge in [-0.2, -0.15) is 4.31 Å². The van der Waals surface area contributed by atoms with Crippen molar-refractivity contribution in [3.05, 3.63) is 24.0 Å². The lowest BCUT2D eigenvalue weighted by atomic mass is 10.1. The van der Waals surface area contributed by atoms with Crippen molar-refractivity contribution in [2.24, 2.45) is 5.73 Å². The molecule has 0 saturated heterocycles. The summed E-state index contributed by atoms with van der Waals surface area (Å²) in [5.74, 6) is 0. The van der Waals surface area contributed by atoms with Gasteiger partial charge in [-0.25, -0.2) is 8.42 Å². The van der Waals surface area contributed by atoms with E-state index in [-0.39, 0.29) is 23.0 Å². The molecule has 0 saturated carbocycles. The Morgan fingerprint density at radius 3 is 2.45 bits per heavy atom. The molecule has 0 radical (unpaired) electrons. The number of hydrogen-bond acceptors (Lipinski definition) is 5. The van der Waals surface area contributed by atoms with Crippen LogP contribution in [0.1, 0.15) is 26.5 Å². The Bertz CT molecular complexity index is 577. The number of hydrogen-bond donors (Lipinski definition) is 2. The van der Waals surface area contributed by atoms with E-state index in [1.807, 2.05) is 0 Å². The SMILES string of the molecule is CCN(CC(C)(C)O)S(=O)(=O)c1ccc(C(N)=S)nc1. The molecule has 0 aliphatic rings. The van der Waals surface area contributed by atoms with E-state index in [1.54, 1.807) is 20.8 Å². The largest absolute Gasteiger partial charge is 0.389 e. The number of nitrogens with two attached hydrogens (primary N) is 1. The van der Waals surface area contributed by atoms with E-state index >= 15 is 0 Å². The van der Waals surface area contributed by atoms with Gasteiger partial charge in [0, 0.05) is 19.3 Å². The molecular weight excluding hydrogens is 298 g/mol. The average molecular weight is 317 g/mol. The van der Waals surface area contributed by atoms with E-state index < -0.39 is 15.6 Å². The minimum absolute atomic E-state index is 0.00286. The molecule has 0 fully saturated rings. The predicted molar refractivity (Wildman–Crippen MR) is 80.9 cm³/mol. The second kappa shape index (κ2) is 6.13. The highest BCUT2D eigenvalue weighted by molar-refractivity contribution is 7.89. The zero-order chi connectivity index (χ0) is 15.6. The van der Waals surface area contributed by atoms with Crippen LogP contribution in [0.4, 0.5) is 0 Å². The van der Waals surface area contributed by atoms with Gasteiger partial charge in [-0.3, -0.25) is 4.98 Å². The van der Waals surface area contributed by atoms with Crippen LogP contribution in [0.15, 0.2) is 23.2 Å². The molecule has 0 aliphatic carbocycles. The number of aliphatic hydroxyl groups is 1. The second-order valence-electron chi connectivity index (χ2n) is 4.99. The van der Waals surface area contributed by atoms with Crippen molar-refractivity contribution in [3.8, 4) is 0 Å². The maximum atomic E-state index is 12.4. The third-order valence-corrected chi connectivity index (χ3v) is 4.66. The van der Waals surface area contributed by atoms with Gasteiger partial charge in [0.1, 0.15) is 9.88 Å². The van der Waals surface area contributed by atoms with E-state index in [0.717, 1.165) is 0 Å². The summed E-state index contributed by atoms with van der Waals surface area (Å²) in [4.78, 5) is 4.08. The van der Waals surface area contributed by atoms with Crippen molar-refractivity contribution in [1.29, 1.82) is 0 Å². The molecule has 8 heteroatoms. The first-order chi connectivity index (χ1) is 9.08. The van der Waals surface area contributed by atoms with Gasteiger partial charge in [0.15, 0.2) is 0 Å². The van der Waals surface area contributed by atoms with E-state index in [0.29, 0.717) is 5.69 Å². The zero-order valence-corrected chi connectivity index (χ0v) is 13.3. The lowest BCUT2D eigenvalue weighted by Gasteiger charge is -2.27. The lowest BCUT2D eigenvalue weighted by Crippen LogP contribution is -2.42. The summed E-state index contributed by atoms with van der Waals surface area (Å²) in [5, 5.41) is 9.79. The highest BCUT2D eigenvalue weighted by Gasteiger charge is 2.28. The molecule has 112 valence electrons. The Hall–Kier alpha value is -1.09. The smallest absolute Gasteiger partial charge is 0.244 e. The fraction of sp³-hybridized carbons (Fsp3) is 0.500. The highest BCUT2D eigenvalue weighted by atomic mass is 32.2. The quantitative estimate of drug-likeness (QED) is 0.742. The number of pyridine rings is 1. The molecule has 20 heavy (non-hydrogen) atoms. The molecule has 0 atom stereocenters. The molecule has 0 aromatic carbocycles. The number of nitrogens with zero attached hydrogens (tertiary/aromatic N) is 2. The summed E-state index contributed by atoms with van der Waals surface area (Å²) in [7, 11) is -3.70. The summed E-state index contributed by atoms with van der Waals surface area (Å²) >= 11 is 4.77. The molecule has 0 amide bonds. The first-order valence-electron chi connectivity index (χ1n) is 6.06. The van der Waals surface area contributed by atoms with Crippen LogP contribution in [0.2, 0.25) is 0 Å². The number of likely N-dealkylation sites (N-methyl/N-ethyl adjacent to an activating group) is 1. The van der Waals surface area contributed by atoms with Crippen LogP contribution in [0.25, 0.3) is 0 Å². The fourth-order valence-electron chi connectivity index (χ4n) is 1.63. The standard InChI is InChI=1S/C12H19N3O3S2/c1-4-15(8-12(2,3)16)20(17,18)9-5-6-10(11(13)19)14-7-9/h5-7,16H,4,8H2,1-3H3,(H2,13,19). The number of sulfonamides is 1. The number of thiocarbonyl (C=S) groups is 1. The molecule has 6 nitrogen and oxygen atoms in total. The van der Waals surface area contributed by atoms with Crippen molar-refractivity contribution in [2.45, 2.75) is 31.3 Å². The molecular formula is C12H19N3O3S2. The van der Waals surface area contributed by atoms with Gasteiger partial charge in [0.25, 0.3) is 0 Å². The van der Waals surface area contributed by atoms with Crippen LogP contribution >= 0.6 is 12.2 Å². The van der Waals surface area contributed by atoms with Crippen molar-refractivity contribution < 1.29 is 13.5 Å². The highest BCUT2D eigenvalue weighted by Crippen LogP contribution is 2.17. The molecule has 1 aromatic heterocycles. The summed E-state index contributed by atoms with van der Waals surface area (Å²) < 4.78 is 26.1. The summed E-state index contributed by atoms with van der Waals surface area (Å²) in [6.45, 7) is 5.07. The minimum atomic E-state index is -3.70. The van der Waals surface area contributed by atoms with Crippen LogP contribution in [0.3, 0.4) is 0 Å². The number of rotatable bonds is 6. The van der Waals surface area contributed by atoms with Crippen LogP contribution in [0, 0.1) is 0 Å². The van der Waals surface area contributed by atoms with Crippen molar-refractivity contribution >= 4 is 27.2 Å². The van der Waals surface area contributed by atoms with Gasteiger partial charge >= 0.3 is 0 Å². The third kappa shape index (κ3) is 4.20. The van der Waals surface area contributed by atoms with Crippen molar-refractivity contribution in [3.63, 3.8) is 0 Å². The average Bonchev–Trinajstić information content (AvgIpc) is 2.34. The normalized spacial score (nSPS) is 12.7. The van der Waals surface area contributed by atoms with Gasteiger partial charge in [0.2, 0.25) is 10.0 Å². The topological polar surface area (TPSA) is 96.5 Å². The Balaban J connectivity index is 3.11. The molecule has 3 N–H and O–H groups in total. The first-order valence-corrected chi connectivity index (χ1v) is 7.91. The molecule has 0 unspecified atom stereocenters. The van der Waals surface area contributed by atoms with Crippen LogP contribution in [-0.4, -0.2) is 46.5 Å². The Morgan fingerprint density at radius 2 is 2.10 bits per heavy atom. The predicted octanol–water partition coefficient (Wildman–Crippen LogP) is 0.497. The minimum Gasteiger partial charge on any atom is -0.389 e. The molecule has 1 aromatic rings. The van der Waals surface area contributed by atoms with E-state index in [1.165, 1.54) is 22.6 Å². The van der Waals surface area contributed by atoms with E-state index in [9.17, 15) is 13.5 Å². The van der Waals surface area contributed by atoms with E-state index in [2.05, 4.69) is 4.98 Å². The second-order valence-corrected chi connectivity index (χ2v) is 7.36. The molecule has 0 bridgehead atoms. The molecule has 0 aliphatic heterocycles. The molecule has 1 heterocycles. The Kier molecular flexibility index (Phi) is 5.20. The summed E-state index contributed by atoms with van der Waals surface area (Å²) in [6.07, 6.45) is 1.22. The molecule has 1 rings (SSSR count). The monoisotopic (exact) mass is 317 g/mol. The van der Waals surface area contributed by atoms with Gasteiger partial charge in [0.05, 0.1) is 11.3 Å². The van der Waals surface area contributed by atoms with Gasteiger partial charge in [-0.15, -0.1) is 0 Å². The zero-order valence-electron chi connectivity index (χ0n) is 11.7. The van der Waals surface area contributed by atoms with Crippen molar-refractivity contribution in [1.82, 2.24) is 9.29 Å². The van der Waals surface area contributed by atoms with Crippen molar-refractivity contribution in [2.75, 3.05) is 13.1 Å². The Morgan fingerprint density at radius 1 is 1.50 bits per heavy atom. The van der Waals surface area contributed by atoms with Crippen LogP contribution in [0.5, 0.6) is 0 Å². The van der Waals surface area contributed by atoms with Gasteiger partial charge < -0.3 is 10.8 Å². The van der Waals surface area contributed by atoms with Gasteiger partial charge in [-0.05, 0) is 26.0 Å². The molecule has 0 spiro atoms. The van der Waals surface area contributed by atoms with Crippen LogP contribution < -0.4 is 5.73 Å². The van der Waals surface area contributed by atoms with E-state index in [4.69, 9.17) is 18.0 Å². The Labute approximate surface area is 124 Å². The summed E-state index contributed by atoms with van der Waals surface area (Å²) in [5.41, 5.74) is 4.67. The number of aromatic nitrogens is 1. The fourth-order valence-corrected chi connectivity index (χ4v) is 3.30. The third-order valence-electron chi connectivity index (χ3n) is 2.54. The summed E-state index contributed by atoms with van der Waals surface area (Å²) in [6, 6.07) is 2.87. The first kappa shape index (κ1) is 17.0. The maximum Gasteiger partial charge on any atom is 0.244 e. The maximum absolute atomic E-state index is 12.4. The van der Waals surface area contributed by atoms with Crippen LogP contribution in [-0.2, 0) is 10.0 Å². The lowest BCUT2D eigenvalue weighted by molar-refractivity contribution is 0.0601.